The van der Waals surface area contributed by atoms with Crippen molar-refractivity contribution in [1.82, 2.24) is 9.88 Å². The van der Waals surface area contributed by atoms with Crippen molar-refractivity contribution in [2.45, 2.75) is 39.5 Å². The average Bonchev–Trinajstić information content (AvgIpc) is 3.26. The van der Waals surface area contributed by atoms with Crippen LogP contribution < -0.4 is 5.32 Å². The van der Waals surface area contributed by atoms with Gasteiger partial charge in [0, 0.05) is 47.0 Å². The average molecular weight is 524 g/mol. The van der Waals surface area contributed by atoms with Crippen LogP contribution in [-0.2, 0) is 9.59 Å². The SMILES string of the molecule is CC(C)(C)CN1CCC(c2c[nH]c3ccc(NC(=O)c4ccc(F)cc4)cc23)CC1.O=C(O)C=CC(=O)O. The third-order valence-corrected chi connectivity index (χ3v) is 6.17. The molecule has 1 aromatic heterocycles. The van der Waals surface area contributed by atoms with Crippen molar-refractivity contribution in [1.29, 1.82) is 0 Å². The molecule has 0 aliphatic carbocycles. The van der Waals surface area contributed by atoms with Crippen LogP contribution in [0.2, 0.25) is 0 Å². The van der Waals surface area contributed by atoms with Gasteiger partial charge in [-0.3, -0.25) is 4.79 Å². The maximum absolute atomic E-state index is 13.1. The first-order valence-electron chi connectivity index (χ1n) is 12.5. The van der Waals surface area contributed by atoms with Crippen LogP contribution in [0.3, 0.4) is 0 Å². The topological polar surface area (TPSA) is 123 Å². The number of halogens is 1. The Morgan fingerprint density at radius 3 is 2.18 bits per heavy atom. The summed E-state index contributed by atoms with van der Waals surface area (Å²) in [7, 11) is 0. The van der Waals surface area contributed by atoms with Gasteiger partial charge in [0.25, 0.3) is 5.91 Å². The Bertz CT molecular complexity index is 1280. The van der Waals surface area contributed by atoms with Crippen molar-refractivity contribution in [2.24, 2.45) is 5.41 Å². The van der Waals surface area contributed by atoms with Gasteiger partial charge in [-0.25, -0.2) is 14.0 Å². The molecule has 202 valence electrons. The Balaban J connectivity index is 0.000000436. The maximum Gasteiger partial charge on any atom is 0.328 e. The second-order valence-corrected chi connectivity index (χ2v) is 10.6. The van der Waals surface area contributed by atoms with Crippen LogP contribution in [0.1, 0.15) is 55.5 Å². The fourth-order valence-corrected chi connectivity index (χ4v) is 4.58. The van der Waals surface area contributed by atoms with E-state index in [2.05, 4.69) is 42.2 Å². The van der Waals surface area contributed by atoms with E-state index in [9.17, 15) is 18.8 Å². The van der Waals surface area contributed by atoms with Gasteiger partial charge in [-0.15, -0.1) is 0 Å². The number of carboxylic acid groups (broad SMARTS) is 2. The predicted molar refractivity (Wildman–Crippen MR) is 145 cm³/mol. The molecule has 0 spiro atoms. The largest absolute Gasteiger partial charge is 0.478 e. The molecule has 1 saturated heterocycles. The van der Waals surface area contributed by atoms with Crippen LogP contribution in [0.15, 0.2) is 60.8 Å². The summed E-state index contributed by atoms with van der Waals surface area (Å²) < 4.78 is 13.1. The van der Waals surface area contributed by atoms with Crippen LogP contribution in [0.25, 0.3) is 10.9 Å². The number of anilines is 1. The monoisotopic (exact) mass is 523 g/mol. The molecule has 9 heteroatoms. The number of piperidine rings is 1. The molecule has 0 radical (unpaired) electrons. The second-order valence-electron chi connectivity index (χ2n) is 10.6. The molecule has 38 heavy (non-hydrogen) atoms. The highest BCUT2D eigenvalue weighted by Gasteiger charge is 2.25. The summed E-state index contributed by atoms with van der Waals surface area (Å²) in [6, 6.07) is 11.5. The number of nitrogens with one attached hydrogen (secondary N) is 2. The summed E-state index contributed by atoms with van der Waals surface area (Å²) in [4.78, 5) is 37.6. The smallest absolute Gasteiger partial charge is 0.328 e. The summed E-state index contributed by atoms with van der Waals surface area (Å²) in [5, 5.41) is 19.7. The minimum absolute atomic E-state index is 0.234. The number of aromatic amines is 1. The molecule has 1 aliphatic heterocycles. The fraction of sp³-hybridized carbons (Fsp3) is 0.345. The zero-order valence-corrected chi connectivity index (χ0v) is 21.8. The molecular weight excluding hydrogens is 489 g/mol. The maximum atomic E-state index is 13.1. The number of likely N-dealkylation sites (tertiary alicyclic amines) is 1. The van der Waals surface area contributed by atoms with Gasteiger partial charge in [-0.05, 0) is 85.3 Å². The van der Waals surface area contributed by atoms with E-state index >= 15 is 0 Å². The van der Waals surface area contributed by atoms with Crippen molar-refractivity contribution in [3.05, 3.63) is 77.8 Å². The highest BCUT2D eigenvalue weighted by atomic mass is 19.1. The molecule has 0 unspecified atom stereocenters. The van der Waals surface area contributed by atoms with Gasteiger partial charge < -0.3 is 25.4 Å². The summed E-state index contributed by atoms with van der Waals surface area (Å²) in [5.74, 6) is -2.57. The number of carboxylic acids is 2. The molecule has 0 bridgehead atoms. The number of fused-ring (bicyclic) bond motifs is 1. The van der Waals surface area contributed by atoms with Crippen LogP contribution in [0.5, 0.6) is 0 Å². The first-order valence-corrected chi connectivity index (χ1v) is 12.5. The van der Waals surface area contributed by atoms with E-state index in [1.54, 1.807) is 0 Å². The van der Waals surface area contributed by atoms with Gasteiger partial charge in [-0.1, -0.05) is 20.8 Å². The predicted octanol–water partition coefficient (Wildman–Crippen LogP) is 5.50. The fourth-order valence-electron chi connectivity index (χ4n) is 4.58. The molecular formula is C29H34FN3O5. The number of aromatic nitrogens is 1. The Morgan fingerprint density at radius 2 is 1.63 bits per heavy atom. The molecule has 4 rings (SSSR count). The van der Waals surface area contributed by atoms with Gasteiger partial charge in [0.15, 0.2) is 0 Å². The lowest BCUT2D eigenvalue weighted by Gasteiger charge is -2.36. The van der Waals surface area contributed by atoms with Gasteiger partial charge >= 0.3 is 11.9 Å². The Labute approximate surface area is 221 Å². The van der Waals surface area contributed by atoms with Gasteiger partial charge in [0.2, 0.25) is 0 Å². The van der Waals surface area contributed by atoms with E-state index in [-0.39, 0.29) is 11.7 Å². The molecule has 2 aromatic carbocycles. The molecule has 3 aromatic rings. The van der Waals surface area contributed by atoms with Crippen molar-refractivity contribution >= 4 is 34.4 Å². The van der Waals surface area contributed by atoms with E-state index in [1.807, 2.05) is 18.2 Å². The molecule has 8 nitrogen and oxygen atoms in total. The third kappa shape index (κ3) is 8.55. The third-order valence-electron chi connectivity index (χ3n) is 6.17. The van der Waals surface area contributed by atoms with Crippen molar-refractivity contribution in [3.8, 4) is 0 Å². The minimum atomic E-state index is -1.26. The molecule has 1 amide bonds. The molecule has 1 aliphatic rings. The minimum Gasteiger partial charge on any atom is -0.478 e. The number of hydrogen-bond donors (Lipinski definition) is 4. The van der Waals surface area contributed by atoms with Crippen LogP contribution in [0.4, 0.5) is 10.1 Å². The normalized spacial score (nSPS) is 14.7. The molecule has 2 heterocycles. The molecule has 0 atom stereocenters. The first kappa shape index (κ1) is 28.6. The van der Waals surface area contributed by atoms with Gasteiger partial charge in [0.05, 0.1) is 0 Å². The van der Waals surface area contributed by atoms with Gasteiger partial charge in [-0.2, -0.15) is 0 Å². The van der Waals surface area contributed by atoms with E-state index in [1.165, 1.54) is 35.2 Å². The number of H-pyrrole nitrogens is 1. The van der Waals surface area contributed by atoms with Crippen LogP contribution in [0, 0.1) is 11.2 Å². The molecule has 0 saturated carbocycles. The van der Waals surface area contributed by atoms with Crippen molar-refractivity contribution < 1.29 is 29.0 Å². The summed E-state index contributed by atoms with van der Waals surface area (Å²) in [6.45, 7) is 10.2. The highest BCUT2D eigenvalue weighted by Crippen LogP contribution is 2.35. The second kappa shape index (κ2) is 12.5. The number of rotatable bonds is 6. The Kier molecular flexibility index (Phi) is 9.41. The number of carbonyl (C=O) groups is 3. The van der Waals surface area contributed by atoms with E-state index in [0.717, 1.165) is 43.7 Å². The van der Waals surface area contributed by atoms with E-state index < -0.39 is 11.9 Å². The number of carbonyl (C=O) groups excluding carboxylic acids is 1. The standard InChI is InChI=1S/C25H30FN3O.C4H4O4/c1-25(2,3)16-29-12-10-17(11-13-29)22-15-27-23-9-8-20(14-21(22)23)28-24(30)18-4-6-19(26)7-5-18;5-3(6)1-2-4(7)8/h4-9,14-15,17,27H,10-13,16H2,1-3H3,(H,28,30);1-2H,(H,5,6)(H,7,8). The summed E-state index contributed by atoms with van der Waals surface area (Å²) in [6.07, 6.45) is 5.54. The lowest BCUT2D eigenvalue weighted by atomic mass is 9.87. The number of amides is 1. The zero-order valence-electron chi connectivity index (χ0n) is 21.8. The number of hydrogen-bond acceptors (Lipinski definition) is 4. The highest BCUT2D eigenvalue weighted by molar-refractivity contribution is 6.05. The summed E-state index contributed by atoms with van der Waals surface area (Å²) in [5.41, 5.74) is 3.94. The summed E-state index contributed by atoms with van der Waals surface area (Å²) >= 11 is 0. The quantitative estimate of drug-likeness (QED) is 0.317. The van der Waals surface area contributed by atoms with E-state index in [0.29, 0.717) is 29.0 Å². The van der Waals surface area contributed by atoms with Crippen LogP contribution in [-0.4, -0.2) is 57.6 Å². The lowest BCUT2D eigenvalue weighted by molar-refractivity contribution is -0.134. The number of aliphatic carboxylic acids is 2. The van der Waals surface area contributed by atoms with E-state index in [4.69, 9.17) is 10.2 Å². The Hall–Kier alpha value is -3.98. The number of benzene rings is 2. The Morgan fingerprint density at radius 1 is 1.03 bits per heavy atom. The molecule has 1 fully saturated rings. The first-order chi connectivity index (χ1) is 17.9. The molecule has 4 N–H and O–H groups in total. The lowest BCUT2D eigenvalue weighted by Crippen LogP contribution is -2.38. The van der Waals surface area contributed by atoms with Gasteiger partial charge in [0.1, 0.15) is 5.82 Å². The van der Waals surface area contributed by atoms with Crippen molar-refractivity contribution in [3.63, 3.8) is 0 Å². The zero-order chi connectivity index (χ0) is 27.9. The number of nitrogens with zero attached hydrogens (tertiary/aromatic N) is 1. The van der Waals surface area contributed by atoms with Crippen LogP contribution >= 0.6 is 0 Å². The van der Waals surface area contributed by atoms with Crippen molar-refractivity contribution in [2.75, 3.05) is 25.0 Å².